The van der Waals surface area contributed by atoms with E-state index in [0.29, 0.717) is 10.7 Å². The van der Waals surface area contributed by atoms with E-state index >= 15 is 0 Å². The summed E-state index contributed by atoms with van der Waals surface area (Å²) in [5.41, 5.74) is 4.38. The molecule has 1 N–H and O–H groups in total. The number of likely N-dealkylation sites (N-methyl/N-ethyl adjacent to an activating group) is 1. The van der Waals surface area contributed by atoms with Crippen LogP contribution >= 0.6 is 11.6 Å². The van der Waals surface area contributed by atoms with Gasteiger partial charge in [-0.05, 0) is 44.2 Å². The summed E-state index contributed by atoms with van der Waals surface area (Å²) < 4.78 is 27.0. The van der Waals surface area contributed by atoms with Crippen molar-refractivity contribution in [1.29, 1.82) is 0 Å². The first kappa shape index (κ1) is 20.0. The predicted octanol–water partition coefficient (Wildman–Crippen LogP) is 3.83. The molecule has 1 heterocycles. The molecule has 0 aliphatic carbocycles. The summed E-state index contributed by atoms with van der Waals surface area (Å²) in [5.74, 6) is 0.00175. The first-order valence-electron chi connectivity index (χ1n) is 9.14. The Bertz CT molecular complexity index is 923. The molecule has 0 amide bonds. The monoisotopic (exact) mass is 407 g/mol. The van der Waals surface area contributed by atoms with Gasteiger partial charge in [0, 0.05) is 37.4 Å². The first-order chi connectivity index (χ1) is 12.8. The molecule has 0 bridgehead atoms. The van der Waals surface area contributed by atoms with Gasteiger partial charge >= 0.3 is 0 Å². The standard InChI is InChI=1S/C20H26ClN3O2S/c1-4-27(25,26)22-19-14-16(24-11-9-23(3)10-12-24)13-18(20(19)21)17-8-6-5-7-15(17)2/h5-8,13-14,22H,4,9-12H2,1-3H3. The molecule has 0 unspecified atom stereocenters. The van der Waals surface area contributed by atoms with Crippen LogP contribution in [0.25, 0.3) is 11.1 Å². The molecule has 27 heavy (non-hydrogen) atoms. The minimum absolute atomic E-state index is 0.00175. The van der Waals surface area contributed by atoms with E-state index in [1.54, 1.807) is 6.92 Å². The van der Waals surface area contributed by atoms with Gasteiger partial charge in [0.15, 0.2) is 0 Å². The SMILES string of the molecule is CCS(=O)(=O)Nc1cc(N2CCN(C)CC2)cc(-c2ccccc2C)c1Cl. The number of halogens is 1. The molecule has 0 atom stereocenters. The molecule has 1 aliphatic rings. The van der Waals surface area contributed by atoms with E-state index < -0.39 is 10.0 Å². The molecule has 1 aliphatic heterocycles. The molecule has 2 aromatic rings. The lowest BCUT2D eigenvalue weighted by atomic mass is 9.99. The van der Waals surface area contributed by atoms with Crippen LogP contribution in [0.4, 0.5) is 11.4 Å². The van der Waals surface area contributed by atoms with Crippen molar-refractivity contribution in [3.63, 3.8) is 0 Å². The second-order valence-electron chi connectivity index (χ2n) is 6.97. The van der Waals surface area contributed by atoms with E-state index in [1.165, 1.54) is 0 Å². The normalized spacial score (nSPS) is 15.8. The summed E-state index contributed by atoms with van der Waals surface area (Å²) in [4.78, 5) is 4.57. The fourth-order valence-corrected chi connectivity index (χ4v) is 4.20. The topological polar surface area (TPSA) is 52.7 Å². The van der Waals surface area contributed by atoms with Gasteiger partial charge in [0.2, 0.25) is 10.0 Å². The molecule has 1 saturated heterocycles. The molecule has 3 rings (SSSR count). The highest BCUT2D eigenvalue weighted by molar-refractivity contribution is 7.92. The number of sulfonamides is 1. The molecule has 0 spiro atoms. The van der Waals surface area contributed by atoms with Crippen molar-refractivity contribution in [1.82, 2.24) is 4.90 Å². The molecule has 1 fully saturated rings. The van der Waals surface area contributed by atoms with E-state index in [0.717, 1.165) is 48.6 Å². The second kappa shape index (κ2) is 8.09. The smallest absolute Gasteiger partial charge is 0.232 e. The predicted molar refractivity (Wildman–Crippen MR) is 114 cm³/mol. The van der Waals surface area contributed by atoms with Crippen LogP contribution in [-0.4, -0.2) is 52.3 Å². The maximum absolute atomic E-state index is 12.2. The molecule has 0 radical (unpaired) electrons. The van der Waals surface area contributed by atoms with Crippen molar-refractivity contribution < 1.29 is 8.42 Å². The highest BCUT2D eigenvalue weighted by atomic mass is 35.5. The highest BCUT2D eigenvalue weighted by Gasteiger charge is 2.20. The van der Waals surface area contributed by atoms with Gasteiger partial charge in [-0.15, -0.1) is 0 Å². The number of aryl methyl sites for hydroxylation is 1. The lowest BCUT2D eigenvalue weighted by molar-refractivity contribution is 0.313. The Hall–Kier alpha value is -1.76. The van der Waals surface area contributed by atoms with E-state index in [-0.39, 0.29) is 5.75 Å². The fraction of sp³-hybridized carbons (Fsp3) is 0.400. The maximum Gasteiger partial charge on any atom is 0.232 e. The highest BCUT2D eigenvalue weighted by Crippen LogP contribution is 2.40. The van der Waals surface area contributed by atoms with Crippen LogP contribution in [0.15, 0.2) is 36.4 Å². The van der Waals surface area contributed by atoms with Gasteiger partial charge in [-0.2, -0.15) is 0 Å². The van der Waals surface area contributed by atoms with Crippen LogP contribution in [0.1, 0.15) is 12.5 Å². The minimum atomic E-state index is -3.42. The number of nitrogens with one attached hydrogen (secondary N) is 1. The van der Waals surface area contributed by atoms with Crippen LogP contribution in [0.5, 0.6) is 0 Å². The molecular weight excluding hydrogens is 382 g/mol. The number of piperazine rings is 1. The Balaban J connectivity index is 2.11. The van der Waals surface area contributed by atoms with Crippen LogP contribution in [0.3, 0.4) is 0 Å². The van der Waals surface area contributed by atoms with Gasteiger partial charge in [-0.3, -0.25) is 4.72 Å². The summed E-state index contributed by atoms with van der Waals surface area (Å²) in [5, 5.41) is 0.430. The van der Waals surface area contributed by atoms with E-state index in [4.69, 9.17) is 11.6 Å². The first-order valence-corrected chi connectivity index (χ1v) is 11.2. The average Bonchev–Trinajstić information content (AvgIpc) is 2.64. The number of anilines is 2. The fourth-order valence-electron chi connectivity index (χ4n) is 3.24. The zero-order chi connectivity index (χ0) is 19.6. The summed E-state index contributed by atoms with van der Waals surface area (Å²) in [6.07, 6.45) is 0. The quantitative estimate of drug-likeness (QED) is 0.818. The van der Waals surface area contributed by atoms with Gasteiger partial charge in [0.25, 0.3) is 0 Å². The molecule has 7 heteroatoms. The van der Waals surface area contributed by atoms with Gasteiger partial charge in [0.1, 0.15) is 0 Å². The van der Waals surface area contributed by atoms with Gasteiger partial charge in [0.05, 0.1) is 16.5 Å². The molecule has 0 aromatic heterocycles. The molecule has 0 saturated carbocycles. The number of benzene rings is 2. The van der Waals surface area contributed by atoms with Crippen molar-refractivity contribution in [2.45, 2.75) is 13.8 Å². The lowest BCUT2D eigenvalue weighted by Crippen LogP contribution is -2.44. The molecule has 2 aromatic carbocycles. The van der Waals surface area contributed by atoms with Crippen LogP contribution in [-0.2, 0) is 10.0 Å². The Morgan fingerprint density at radius 2 is 1.74 bits per heavy atom. The molecule has 5 nitrogen and oxygen atoms in total. The Morgan fingerprint density at radius 1 is 1.07 bits per heavy atom. The second-order valence-corrected chi connectivity index (χ2v) is 9.35. The Kier molecular flexibility index (Phi) is 5.99. The summed E-state index contributed by atoms with van der Waals surface area (Å²) in [6, 6.07) is 11.9. The van der Waals surface area contributed by atoms with Crippen LogP contribution in [0.2, 0.25) is 5.02 Å². The minimum Gasteiger partial charge on any atom is -0.369 e. The van der Waals surface area contributed by atoms with E-state index in [1.807, 2.05) is 37.3 Å². The Morgan fingerprint density at radius 3 is 2.37 bits per heavy atom. The average molecular weight is 408 g/mol. The number of hydrogen-bond donors (Lipinski definition) is 1. The third-order valence-corrected chi connectivity index (χ3v) is 6.70. The molecular formula is C20H26ClN3O2S. The number of nitrogens with zero attached hydrogens (tertiary/aromatic N) is 2. The van der Waals surface area contributed by atoms with Crippen molar-refractivity contribution in [2.75, 3.05) is 48.6 Å². The number of hydrogen-bond acceptors (Lipinski definition) is 4. The van der Waals surface area contributed by atoms with E-state index in [9.17, 15) is 8.42 Å². The van der Waals surface area contributed by atoms with Crippen LogP contribution in [0, 0.1) is 6.92 Å². The Labute approximate surface area is 167 Å². The van der Waals surface area contributed by atoms with Gasteiger partial charge in [-0.1, -0.05) is 35.9 Å². The van der Waals surface area contributed by atoms with Crippen LogP contribution < -0.4 is 9.62 Å². The largest absolute Gasteiger partial charge is 0.369 e. The third kappa shape index (κ3) is 4.57. The maximum atomic E-state index is 12.2. The summed E-state index contributed by atoms with van der Waals surface area (Å²) in [6.45, 7) is 7.38. The number of rotatable bonds is 5. The van der Waals surface area contributed by atoms with Crippen molar-refractivity contribution >= 4 is 33.0 Å². The van der Waals surface area contributed by atoms with Gasteiger partial charge < -0.3 is 9.80 Å². The van der Waals surface area contributed by atoms with E-state index in [2.05, 4.69) is 27.6 Å². The van der Waals surface area contributed by atoms with Gasteiger partial charge in [-0.25, -0.2) is 8.42 Å². The molecule has 146 valence electrons. The lowest BCUT2D eigenvalue weighted by Gasteiger charge is -2.34. The summed E-state index contributed by atoms with van der Waals surface area (Å²) in [7, 11) is -1.31. The third-order valence-electron chi connectivity index (χ3n) is 5.01. The zero-order valence-corrected chi connectivity index (χ0v) is 17.6. The van der Waals surface area contributed by atoms with Crippen molar-refractivity contribution in [2.24, 2.45) is 0 Å². The zero-order valence-electron chi connectivity index (χ0n) is 16.0. The van der Waals surface area contributed by atoms with Crippen molar-refractivity contribution in [3.8, 4) is 11.1 Å². The van der Waals surface area contributed by atoms with Crippen molar-refractivity contribution in [3.05, 3.63) is 47.0 Å². The summed E-state index contributed by atoms with van der Waals surface area (Å²) >= 11 is 6.66.